The van der Waals surface area contributed by atoms with E-state index in [1.54, 1.807) is 11.3 Å². The van der Waals surface area contributed by atoms with Crippen molar-refractivity contribution in [3.8, 4) is 0 Å². The Morgan fingerprint density at radius 3 is 2.37 bits per heavy atom. The van der Waals surface area contributed by atoms with Crippen LogP contribution in [0.4, 0.5) is 4.79 Å². The van der Waals surface area contributed by atoms with Crippen LogP contribution in [0.15, 0.2) is 34.3 Å². The van der Waals surface area contributed by atoms with Gasteiger partial charge in [-0.05, 0) is 82.3 Å². The van der Waals surface area contributed by atoms with Crippen molar-refractivity contribution in [2.24, 2.45) is 0 Å². The Labute approximate surface area is 220 Å². The van der Waals surface area contributed by atoms with Crippen molar-refractivity contribution in [2.45, 2.75) is 91.3 Å². The van der Waals surface area contributed by atoms with E-state index in [0.29, 0.717) is 18.1 Å². The molecule has 0 bridgehead atoms. The van der Waals surface area contributed by atoms with Gasteiger partial charge in [-0.1, -0.05) is 6.07 Å². The molecule has 0 radical (unpaired) electrons. The van der Waals surface area contributed by atoms with E-state index in [4.69, 9.17) is 4.74 Å². The van der Waals surface area contributed by atoms with Crippen LogP contribution >= 0.6 is 22.7 Å². The van der Waals surface area contributed by atoms with Crippen LogP contribution in [0.3, 0.4) is 0 Å². The van der Waals surface area contributed by atoms with E-state index in [-0.39, 0.29) is 12.1 Å². The number of carbonyl (C=O) groups excluding carboxylic acids is 1. The zero-order chi connectivity index (χ0) is 25.6. The third-order valence-corrected chi connectivity index (χ3v) is 8.13. The van der Waals surface area contributed by atoms with Gasteiger partial charge in [-0.2, -0.15) is 11.3 Å². The summed E-state index contributed by atoms with van der Waals surface area (Å²) < 4.78 is 5.51. The lowest BCUT2D eigenvalue weighted by Crippen LogP contribution is -2.58. The molecule has 0 saturated carbocycles. The second-order valence-electron chi connectivity index (χ2n) is 11.1. The minimum Gasteiger partial charge on any atom is -0.444 e. The molecule has 0 aromatic carbocycles. The van der Waals surface area contributed by atoms with Crippen LogP contribution in [-0.2, 0) is 17.8 Å². The molecule has 0 unspecified atom stereocenters. The molecule has 35 heavy (non-hydrogen) atoms. The number of piperazine rings is 2. The van der Waals surface area contributed by atoms with Crippen molar-refractivity contribution in [3.63, 3.8) is 0 Å². The van der Waals surface area contributed by atoms with Crippen LogP contribution in [0.5, 0.6) is 0 Å². The van der Waals surface area contributed by atoms with Gasteiger partial charge in [0.05, 0.1) is 0 Å². The SMILES string of the molecule is C[C@@H]1CN(Cc2cccs2)[C@@H](C)CN1.C[C@@H]1CN(Cc2ccsc2)[C@@H](C)CN1C(=O)OC(C)(C)C. The third-order valence-electron chi connectivity index (χ3n) is 6.54. The largest absolute Gasteiger partial charge is 0.444 e. The number of rotatable bonds is 4. The van der Waals surface area contributed by atoms with Crippen molar-refractivity contribution in [2.75, 3.05) is 26.2 Å². The predicted octanol–water partition coefficient (Wildman–Crippen LogP) is 5.51. The highest BCUT2D eigenvalue weighted by atomic mass is 32.1. The topological polar surface area (TPSA) is 48.0 Å². The first kappa shape index (κ1) is 28.1. The standard InChI is InChI=1S/C16H26N2O2S.C11H18N2S/c1-12-9-18(15(19)20-16(3,4)5)13(2)8-17(12)10-14-6-7-21-11-14;1-9-7-13(10(2)6-12-9)8-11-4-3-5-14-11/h6-7,11-13H,8-10H2,1-5H3;3-5,9-10,12H,6-8H2,1-2H3/t12-,13+;9-,10+/m01/s1. The molecule has 8 heteroatoms. The fourth-order valence-corrected chi connectivity index (χ4v) is 5.92. The minimum atomic E-state index is -0.437. The highest BCUT2D eigenvalue weighted by molar-refractivity contribution is 7.09. The molecule has 1 N–H and O–H groups in total. The molecule has 2 aromatic rings. The summed E-state index contributed by atoms with van der Waals surface area (Å²) in [6.07, 6.45) is -0.197. The lowest BCUT2D eigenvalue weighted by molar-refractivity contribution is -0.0116. The number of amides is 1. The van der Waals surface area contributed by atoms with Gasteiger partial charge in [0.1, 0.15) is 5.60 Å². The maximum atomic E-state index is 12.3. The lowest BCUT2D eigenvalue weighted by atomic mass is 10.1. The molecule has 2 aliphatic rings. The number of ether oxygens (including phenoxy) is 1. The quantitative estimate of drug-likeness (QED) is 0.576. The van der Waals surface area contributed by atoms with Gasteiger partial charge in [0.2, 0.25) is 0 Å². The van der Waals surface area contributed by atoms with Crippen LogP contribution in [0.1, 0.15) is 58.9 Å². The van der Waals surface area contributed by atoms with Gasteiger partial charge in [0, 0.05) is 68.3 Å². The van der Waals surface area contributed by atoms with Crippen LogP contribution in [0.25, 0.3) is 0 Å². The smallest absolute Gasteiger partial charge is 0.410 e. The molecule has 2 aromatic heterocycles. The summed E-state index contributed by atoms with van der Waals surface area (Å²) in [6.45, 7) is 20.5. The second kappa shape index (κ2) is 12.7. The van der Waals surface area contributed by atoms with Gasteiger partial charge in [-0.15, -0.1) is 11.3 Å². The molecular formula is C27H44N4O2S2. The van der Waals surface area contributed by atoms with Crippen molar-refractivity contribution in [3.05, 3.63) is 44.8 Å². The molecule has 1 amide bonds. The minimum absolute atomic E-state index is 0.176. The first-order valence-corrected chi connectivity index (χ1v) is 14.6. The summed E-state index contributed by atoms with van der Waals surface area (Å²) >= 11 is 3.59. The maximum Gasteiger partial charge on any atom is 0.410 e. The molecule has 2 aliphatic heterocycles. The zero-order valence-corrected chi connectivity index (χ0v) is 24.1. The summed E-state index contributed by atoms with van der Waals surface area (Å²) in [5, 5.41) is 9.96. The Kier molecular flexibility index (Phi) is 10.2. The first-order valence-electron chi connectivity index (χ1n) is 12.8. The normalized spacial score (nSPS) is 26.2. The van der Waals surface area contributed by atoms with Gasteiger partial charge in [0.15, 0.2) is 0 Å². The summed E-state index contributed by atoms with van der Waals surface area (Å²) in [5.41, 5.74) is 0.915. The first-order chi connectivity index (χ1) is 16.5. The summed E-state index contributed by atoms with van der Waals surface area (Å²) in [6, 6.07) is 8.34. The second-order valence-corrected chi connectivity index (χ2v) is 12.9. The van der Waals surface area contributed by atoms with E-state index in [0.717, 1.165) is 32.7 Å². The Balaban J connectivity index is 0.000000211. The number of nitrogens with one attached hydrogen (secondary N) is 1. The molecule has 4 heterocycles. The third kappa shape index (κ3) is 8.86. The Morgan fingerprint density at radius 1 is 1.00 bits per heavy atom. The average molecular weight is 521 g/mol. The van der Waals surface area contributed by atoms with E-state index in [1.165, 1.54) is 17.0 Å². The van der Waals surface area contributed by atoms with E-state index >= 15 is 0 Å². The fraction of sp³-hybridized carbons (Fsp3) is 0.667. The van der Waals surface area contributed by atoms with E-state index < -0.39 is 5.60 Å². The van der Waals surface area contributed by atoms with Crippen LogP contribution in [-0.4, -0.2) is 76.7 Å². The number of hydrogen-bond acceptors (Lipinski definition) is 7. The van der Waals surface area contributed by atoms with E-state index in [1.807, 2.05) is 37.0 Å². The van der Waals surface area contributed by atoms with Crippen molar-refractivity contribution < 1.29 is 9.53 Å². The van der Waals surface area contributed by atoms with Crippen LogP contribution in [0.2, 0.25) is 0 Å². The summed E-state index contributed by atoms with van der Waals surface area (Å²) in [5.74, 6) is 0. The Morgan fingerprint density at radius 2 is 1.74 bits per heavy atom. The molecule has 2 fully saturated rings. The number of nitrogens with zero attached hydrogens (tertiary/aromatic N) is 3. The molecule has 6 nitrogen and oxygen atoms in total. The van der Waals surface area contributed by atoms with Crippen LogP contribution < -0.4 is 5.32 Å². The zero-order valence-electron chi connectivity index (χ0n) is 22.5. The van der Waals surface area contributed by atoms with E-state index in [2.05, 4.69) is 77.2 Å². The molecule has 2 saturated heterocycles. The van der Waals surface area contributed by atoms with Gasteiger partial charge < -0.3 is 15.0 Å². The van der Waals surface area contributed by atoms with Crippen molar-refractivity contribution in [1.29, 1.82) is 0 Å². The molecule has 0 spiro atoms. The average Bonchev–Trinajstić information content (AvgIpc) is 3.47. The number of carbonyl (C=O) groups is 1. The lowest BCUT2D eigenvalue weighted by Gasteiger charge is -2.44. The summed E-state index contributed by atoms with van der Waals surface area (Å²) in [7, 11) is 0. The van der Waals surface area contributed by atoms with Gasteiger partial charge in [-0.25, -0.2) is 4.79 Å². The van der Waals surface area contributed by atoms with Crippen molar-refractivity contribution in [1.82, 2.24) is 20.0 Å². The molecule has 196 valence electrons. The highest BCUT2D eigenvalue weighted by Gasteiger charge is 2.34. The van der Waals surface area contributed by atoms with Crippen LogP contribution in [0, 0.1) is 0 Å². The van der Waals surface area contributed by atoms with Gasteiger partial charge >= 0.3 is 6.09 Å². The molecule has 4 rings (SSSR count). The highest BCUT2D eigenvalue weighted by Crippen LogP contribution is 2.21. The fourth-order valence-electron chi connectivity index (χ4n) is 4.53. The molecular weight excluding hydrogens is 476 g/mol. The Bertz CT molecular complexity index is 882. The van der Waals surface area contributed by atoms with E-state index in [9.17, 15) is 4.79 Å². The van der Waals surface area contributed by atoms with Gasteiger partial charge in [0.25, 0.3) is 0 Å². The Hall–Kier alpha value is -1.45. The number of hydrogen-bond donors (Lipinski definition) is 1. The molecule has 0 aliphatic carbocycles. The monoisotopic (exact) mass is 520 g/mol. The predicted molar refractivity (Wildman–Crippen MR) is 148 cm³/mol. The summed E-state index contributed by atoms with van der Waals surface area (Å²) in [4.78, 5) is 20.6. The number of thiophene rings is 2. The maximum absolute atomic E-state index is 12.3. The van der Waals surface area contributed by atoms with Crippen molar-refractivity contribution >= 4 is 28.8 Å². The molecule has 4 atom stereocenters. The van der Waals surface area contributed by atoms with Gasteiger partial charge in [-0.3, -0.25) is 9.80 Å².